The second kappa shape index (κ2) is 8.92. The average molecular weight is 449 g/mol. The maximum atomic E-state index is 11.7. The van der Waals surface area contributed by atoms with E-state index in [0.29, 0.717) is 41.9 Å². The second-order valence-corrected chi connectivity index (χ2v) is 12.1. The second-order valence-electron chi connectivity index (χ2n) is 12.1. The molecule has 4 saturated carbocycles. The van der Waals surface area contributed by atoms with Gasteiger partial charge in [-0.1, -0.05) is 20.8 Å². The number of hydrogen-bond acceptors (Lipinski definition) is 5. The Morgan fingerprint density at radius 2 is 1.81 bits per heavy atom. The SMILES string of the molecule is COC(=O)CC[C@@H](C)[C@@H]1CC[C@@H]2[C@@H]3CC[C@@H]4C[C@H](OC(C)=O)CC[C@]4(C)[C@H]3C[C@H](O)[C@@]21C. The van der Waals surface area contributed by atoms with Gasteiger partial charge in [0.25, 0.3) is 0 Å². The summed E-state index contributed by atoms with van der Waals surface area (Å²) in [6.45, 7) is 8.62. The Labute approximate surface area is 194 Å². The predicted octanol–water partition coefficient (Wildman–Crippen LogP) is 5.14. The standard InChI is InChI=1S/C27H44O5/c1-16(6-11-25(30)31-5)21-9-10-22-20-8-7-18-14-19(32-17(2)28)12-13-26(18,3)23(20)15-24(29)27(21,22)4/h16,18-24,29H,6-15H2,1-5H3/t16-,18-,19-,20+,21+,22-,23+,24+,26+,27-/m1/s1. The van der Waals surface area contributed by atoms with E-state index in [-0.39, 0.29) is 35.0 Å². The van der Waals surface area contributed by atoms with E-state index in [0.717, 1.165) is 32.1 Å². The molecule has 4 aliphatic rings. The first-order valence-corrected chi connectivity index (χ1v) is 13.0. The highest BCUT2D eigenvalue weighted by atomic mass is 16.5. The summed E-state index contributed by atoms with van der Waals surface area (Å²) in [5, 5.41) is 11.6. The molecule has 4 aliphatic carbocycles. The first kappa shape index (κ1) is 24.0. The number of fused-ring (bicyclic) bond motifs is 5. The number of hydrogen-bond donors (Lipinski definition) is 1. The third-order valence-electron chi connectivity index (χ3n) is 10.8. The minimum absolute atomic E-state index is 0.0468. The molecule has 5 nitrogen and oxygen atoms in total. The number of rotatable bonds is 5. The van der Waals surface area contributed by atoms with Crippen molar-refractivity contribution in [3.8, 4) is 0 Å². The van der Waals surface area contributed by atoms with Gasteiger partial charge in [-0.15, -0.1) is 0 Å². The summed E-state index contributed by atoms with van der Waals surface area (Å²) in [5.74, 6) is 3.02. The molecule has 0 aromatic heterocycles. The Hall–Kier alpha value is -1.10. The maximum absolute atomic E-state index is 11.7. The van der Waals surface area contributed by atoms with Crippen molar-refractivity contribution >= 4 is 11.9 Å². The summed E-state index contributed by atoms with van der Waals surface area (Å²) in [5.41, 5.74) is 0.200. The topological polar surface area (TPSA) is 72.8 Å². The van der Waals surface area contributed by atoms with Crippen molar-refractivity contribution in [2.45, 2.75) is 104 Å². The minimum Gasteiger partial charge on any atom is -0.469 e. The third kappa shape index (κ3) is 3.91. The number of aliphatic hydroxyl groups is 1. The van der Waals surface area contributed by atoms with Gasteiger partial charge >= 0.3 is 11.9 Å². The van der Waals surface area contributed by atoms with Crippen LogP contribution in [0.1, 0.15) is 91.9 Å². The lowest BCUT2D eigenvalue weighted by Crippen LogP contribution is -2.59. The van der Waals surface area contributed by atoms with Crippen molar-refractivity contribution in [2.24, 2.45) is 46.3 Å². The number of ether oxygens (including phenoxy) is 2. The molecule has 0 saturated heterocycles. The number of methoxy groups -OCH3 is 1. The molecule has 32 heavy (non-hydrogen) atoms. The summed E-state index contributed by atoms with van der Waals surface area (Å²) >= 11 is 0. The normalized spacial score (nSPS) is 46.4. The van der Waals surface area contributed by atoms with Gasteiger partial charge in [0.05, 0.1) is 13.2 Å². The summed E-state index contributed by atoms with van der Waals surface area (Å²) in [4.78, 5) is 23.2. The van der Waals surface area contributed by atoms with Crippen molar-refractivity contribution in [1.82, 2.24) is 0 Å². The highest BCUT2D eigenvalue weighted by Crippen LogP contribution is 2.68. The summed E-state index contributed by atoms with van der Waals surface area (Å²) in [6, 6.07) is 0. The van der Waals surface area contributed by atoms with E-state index in [1.807, 2.05) is 0 Å². The zero-order valence-corrected chi connectivity index (χ0v) is 20.8. The third-order valence-corrected chi connectivity index (χ3v) is 10.8. The van der Waals surface area contributed by atoms with Gasteiger partial charge in [0.15, 0.2) is 0 Å². The van der Waals surface area contributed by atoms with Crippen LogP contribution in [0.2, 0.25) is 0 Å². The van der Waals surface area contributed by atoms with Gasteiger partial charge in [0, 0.05) is 13.3 Å². The first-order chi connectivity index (χ1) is 15.1. The van der Waals surface area contributed by atoms with Crippen LogP contribution in [0.4, 0.5) is 0 Å². The van der Waals surface area contributed by atoms with Gasteiger partial charge in [-0.05, 0) is 104 Å². The lowest BCUT2D eigenvalue weighted by Gasteiger charge is -2.62. The fourth-order valence-corrected chi connectivity index (χ4v) is 9.13. The van der Waals surface area contributed by atoms with Gasteiger partial charge in [-0.3, -0.25) is 9.59 Å². The molecule has 0 spiro atoms. The van der Waals surface area contributed by atoms with Crippen LogP contribution in [0, 0.1) is 46.3 Å². The van der Waals surface area contributed by atoms with Crippen molar-refractivity contribution in [3.63, 3.8) is 0 Å². The average Bonchev–Trinajstić information content (AvgIpc) is 3.11. The molecule has 0 bridgehead atoms. The van der Waals surface area contributed by atoms with Crippen LogP contribution >= 0.6 is 0 Å². The van der Waals surface area contributed by atoms with Crippen molar-refractivity contribution in [1.29, 1.82) is 0 Å². The molecule has 0 unspecified atom stereocenters. The lowest BCUT2D eigenvalue weighted by molar-refractivity contribution is -0.181. The molecule has 0 aromatic carbocycles. The Kier molecular flexibility index (Phi) is 6.70. The van der Waals surface area contributed by atoms with Crippen LogP contribution in [-0.4, -0.2) is 36.4 Å². The highest BCUT2D eigenvalue weighted by molar-refractivity contribution is 5.69. The van der Waals surface area contributed by atoms with Gasteiger partial charge in [0.1, 0.15) is 6.10 Å². The monoisotopic (exact) mass is 448 g/mol. The van der Waals surface area contributed by atoms with E-state index >= 15 is 0 Å². The van der Waals surface area contributed by atoms with Gasteiger partial charge in [0.2, 0.25) is 0 Å². The Balaban J connectivity index is 1.50. The zero-order chi connectivity index (χ0) is 23.3. The van der Waals surface area contributed by atoms with Crippen LogP contribution in [0.15, 0.2) is 0 Å². The van der Waals surface area contributed by atoms with Crippen LogP contribution in [0.5, 0.6) is 0 Å². The Morgan fingerprint density at radius 1 is 1.06 bits per heavy atom. The number of carbonyl (C=O) groups is 2. The van der Waals surface area contributed by atoms with E-state index in [4.69, 9.17) is 9.47 Å². The van der Waals surface area contributed by atoms with Crippen LogP contribution in [0.3, 0.4) is 0 Å². The van der Waals surface area contributed by atoms with Crippen LogP contribution in [-0.2, 0) is 19.1 Å². The number of carbonyl (C=O) groups excluding carboxylic acids is 2. The maximum Gasteiger partial charge on any atom is 0.305 e. The Bertz CT molecular complexity index is 721. The molecular weight excluding hydrogens is 404 g/mol. The highest BCUT2D eigenvalue weighted by Gasteiger charge is 2.63. The lowest BCUT2D eigenvalue weighted by atomic mass is 9.43. The molecular formula is C27H44O5. The molecule has 0 radical (unpaired) electrons. The molecule has 0 heterocycles. The van der Waals surface area contributed by atoms with Gasteiger partial charge in [-0.2, -0.15) is 0 Å². The van der Waals surface area contributed by atoms with E-state index < -0.39 is 0 Å². The van der Waals surface area contributed by atoms with Crippen molar-refractivity contribution in [2.75, 3.05) is 7.11 Å². The molecule has 4 rings (SSSR count). The fourth-order valence-electron chi connectivity index (χ4n) is 9.13. The molecule has 0 aliphatic heterocycles. The molecule has 0 aromatic rings. The molecule has 5 heteroatoms. The van der Waals surface area contributed by atoms with Gasteiger partial charge in [-0.25, -0.2) is 0 Å². The largest absolute Gasteiger partial charge is 0.469 e. The molecule has 182 valence electrons. The van der Waals surface area contributed by atoms with E-state index in [1.165, 1.54) is 39.7 Å². The molecule has 10 atom stereocenters. The predicted molar refractivity (Wildman–Crippen MR) is 123 cm³/mol. The zero-order valence-electron chi connectivity index (χ0n) is 20.8. The number of esters is 2. The van der Waals surface area contributed by atoms with Crippen LogP contribution in [0.25, 0.3) is 0 Å². The summed E-state index contributed by atoms with van der Waals surface area (Å²) < 4.78 is 10.5. The smallest absolute Gasteiger partial charge is 0.305 e. The summed E-state index contributed by atoms with van der Waals surface area (Å²) in [6.07, 6.45) is 9.92. The van der Waals surface area contributed by atoms with Crippen molar-refractivity contribution in [3.05, 3.63) is 0 Å². The fraction of sp³-hybridized carbons (Fsp3) is 0.926. The van der Waals surface area contributed by atoms with E-state index in [1.54, 1.807) is 0 Å². The van der Waals surface area contributed by atoms with Crippen molar-refractivity contribution < 1.29 is 24.2 Å². The molecule has 0 amide bonds. The van der Waals surface area contributed by atoms with Gasteiger partial charge < -0.3 is 14.6 Å². The minimum atomic E-state index is -0.274. The van der Waals surface area contributed by atoms with E-state index in [2.05, 4.69) is 20.8 Å². The molecule has 1 N–H and O–H groups in total. The number of aliphatic hydroxyl groups excluding tert-OH is 1. The quantitative estimate of drug-likeness (QED) is 0.590. The van der Waals surface area contributed by atoms with Crippen LogP contribution < -0.4 is 0 Å². The first-order valence-electron chi connectivity index (χ1n) is 13.0. The summed E-state index contributed by atoms with van der Waals surface area (Å²) in [7, 11) is 1.46. The Morgan fingerprint density at radius 3 is 2.50 bits per heavy atom. The van der Waals surface area contributed by atoms with E-state index in [9.17, 15) is 14.7 Å². The molecule has 4 fully saturated rings.